The minimum atomic E-state index is -0.336. The molecule has 0 spiro atoms. The third-order valence-electron chi connectivity index (χ3n) is 4.65. The fourth-order valence-electron chi connectivity index (χ4n) is 3.05. The third kappa shape index (κ3) is 3.98. The van der Waals surface area contributed by atoms with Crippen LogP contribution in [0.4, 0.5) is 4.39 Å². The molecule has 148 valence electrons. The summed E-state index contributed by atoms with van der Waals surface area (Å²) in [5.74, 6) is -0.133. The number of amides is 1. The van der Waals surface area contributed by atoms with Gasteiger partial charge in [-0.25, -0.2) is 9.37 Å². The molecule has 1 atom stereocenters. The number of carbonyl (C=O) groups excluding carboxylic acids is 1. The maximum Gasteiger partial charge on any atom is 0.270 e. The summed E-state index contributed by atoms with van der Waals surface area (Å²) in [5, 5.41) is 11.3. The van der Waals surface area contributed by atoms with Crippen LogP contribution in [0.1, 0.15) is 23.1 Å². The van der Waals surface area contributed by atoms with Gasteiger partial charge in [0.2, 0.25) is 0 Å². The molecule has 0 bridgehead atoms. The molecular formula is C20H20FN7O. The Morgan fingerprint density at radius 3 is 2.72 bits per heavy atom. The van der Waals surface area contributed by atoms with E-state index in [1.165, 1.54) is 23.0 Å². The first-order valence-electron chi connectivity index (χ1n) is 9.24. The summed E-state index contributed by atoms with van der Waals surface area (Å²) < 4.78 is 16.5. The van der Waals surface area contributed by atoms with E-state index in [1.807, 2.05) is 24.6 Å². The molecule has 3 heterocycles. The topological polar surface area (TPSA) is 90.0 Å². The molecule has 4 aromatic rings. The lowest BCUT2D eigenvalue weighted by molar-refractivity contribution is 0.0939. The number of aromatic nitrogens is 6. The highest BCUT2D eigenvalue weighted by molar-refractivity contribution is 5.94. The van der Waals surface area contributed by atoms with Crippen LogP contribution in [0.3, 0.4) is 0 Å². The normalized spacial score (nSPS) is 12.2. The predicted octanol–water partition coefficient (Wildman–Crippen LogP) is 2.50. The van der Waals surface area contributed by atoms with Crippen LogP contribution in [0.25, 0.3) is 17.0 Å². The number of hydrogen-bond acceptors (Lipinski definition) is 5. The number of nitrogens with zero attached hydrogens (tertiary/aromatic N) is 6. The fraction of sp³-hybridized carbons (Fsp3) is 0.250. The second-order valence-electron chi connectivity index (χ2n) is 6.98. The zero-order chi connectivity index (χ0) is 20.4. The highest BCUT2D eigenvalue weighted by atomic mass is 19.1. The molecular weight excluding hydrogens is 373 g/mol. The summed E-state index contributed by atoms with van der Waals surface area (Å²) in [6.07, 6.45) is 3.10. The maximum absolute atomic E-state index is 13.2. The number of carbonyl (C=O) groups is 1. The van der Waals surface area contributed by atoms with E-state index in [0.29, 0.717) is 35.8 Å². The van der Waals surface area contributed by atoms with E-state index in [0.717, 1.165) is 5.69 Å². The lowest BCUT2D eigenvalue weighted by Crippen LogP contribution is -2.31. The highest BCUT2D eigenvalue weighted by Crippen LogP contribution is 2.19. The molecule has 9 heteroatoms. The zero-order valence-corrected chi connectivity index (χ0v) is 16.1. The van der Waals surface area contributed by atoms with Crippen LogP contribution in [0.15, 0.2) is 48.9 Å². The molecule has 0 fully saturated rings. The van der Waals surface area contributed by atoms with Crippen molar-refractivity contribution in [2.45, 2.75) is 20.4 Å². The second-order valence-corrected chi connectivity index (χ2v) is 6.98. The summed E-state index contributed by atoms with van der Waals surface area (Å²) in [6.45, 7) is 5.22. The van der Waals surface area contributed by atoms with Crippen molar-refractivity contribution in [1.82, 2.24) is 34.7 Å². The van der Waals surface area contributed by atoms with Crippen molar-refractivity contribution in [2.75, 3.05) is 6.54 Å². The standard InChI is InChI=1S/C20H20FN7O/c1-13(11-27-14(2)7-8-24-27)10-22-19(29)18-9-17(15-3-5-16(21)6-4-15)26-20-23-12-25-28(18)20/h3-9,12-13H,10-11H2,1-2H3,(H,22,29)/t13-/m0/s1. The molecule has 1 aromatic carbocycles. The third-order valence-corrected chi connectivity index (χ3v) is 4.65. The lowest BCUT2D eigenvalue weighted by atomic mass is 10.1. The SMILES string of the molecule is Cc1ccnn1C[C@@H](C)CNC(=O)c1cc(-c2ccc(F)cc2)nc2ncnn12. The van der Waals surface area contributed by atoms with Crippen LogP contribution < -0.4 is 5.32 Å². The van der Waals surface area contributed by atoms with Gasteiger partial charge in [-0.15, -0.1) is 0 Å². The smallest absolute Gasteiger partial charge is 0.270 e. The van der Waals surface area contributed by atoms with Crippen LogP contribution in [-0.4, -0.2) is 41.8 Å². The average Bonchev–Trinajstić information content (AvgIpc) is 3.35. The first-order chi connectivity index (χ1) is 14.0. The van der Waals surface area contributed by atoms with Crippen LogP contribution in [0.5, 0.6) is 0 Å². The zero-order valence-electron chi connectivity index (χ0n) is 16.1. The summed E-state index contributed by atoms with van der Waals surface area (Å²) in [6, 6.07) is 9.50. The van der Waals surface area contributed by atoms with Gasteiger partial charge in [0.05, 0.1) is 5.69 Å². The fourth-order valence-corrected chi connectivity index (χ4v) is 3.05. The number of hydrogen-bond donors (Lipinski definition) is 1. The Labute approximate surface area is 166 Å². The number of rotatable bonds is 6. The van der Waals surface area contributed by atoms with E-state index in [2.05, 4.69) is 25.5 Å². The van der Waals surface area contributed by atoms with Crippen molar-refractivity contribution in [3.05, 3.63) is 66.1 Å². The van der Waals surface area contributed by atoms with Crippen LogP contribution in [0, 0.1) is 18.7 Å². The Hall–Kier alpha value is -3.62. The van der Waals surface area contributed by atoms with Crippen molar-refractivity contribution >= 4 is 11.7 Å². The molecule has 0 aliphatic heterocycles. The molecule has 3 aromatic heterocycles. The van der Waals surface area contributed by atoms with Crippen molar-refractivity contribution in [3.8, 4) is 11.3 Å². The number of benzene rings is 1. The van der Waals surface area contributed by atoms with E-state index in [9.17, 15) is 9.18 Å². The number of aryl methyl sites for hydroxylation is 1. The summed E-state index contributed by atoms with van der Waals surface area (Å²) in [4.78, 5) is 21.4. The van der Waals surface area contributed by atoms with Crippen molar-refractivity contribution < 1.29 is 9.18 Å². The quantitative estimate of drug-likeness (QED) is 0.544. The Morgan fingerprint density at radius 1 is 1.21 bits per heavy atom. The molecule has 0 saturated heterocycles. The molecule has 4 rings (SSSR count). The van der Waals surface area contributed by atoms with Gasteiger partial charge in [0.15, 0.2) is 0 Å². The Balaban J connectivity index is 1.54. The van der Waals surface area contributed by atoms with Gasteiger partial charge < -0.3 is 5.32 Å². The Bertz CT molecular complexity index is 1150. The molecule has 1 amide bonds. The van der Waals surface area contributed by atoms with Gasteiger partial charge in [0.1, 0.15) is 17.8 Å². The van der Waals surface area contributed by atoms with Crippen LogP contribution in [-0.2, 0) is 6.54 Å². The van der Waals surface area contributed by atoms with Gasteiger partial charge in [-0.1, -0.05) is 6.92 Å². The van der Waals surface area contributed by atoms with Crippen molar-refractivity contribution in [2.24, 2.45) is 5.92 Å². The van der Waals surface area contributed by atoms with Gasteiger partial charge in [-0.05, 0) is 49.2 Å². The molecule has 0 unspecified atom stereocenters. The van der Waals surface area contributed by atoms with Gasteiger partial charge in [-0.3, -0.25) is 9.48 Å². The largest absolute Gasteiger partial charge is 0.350 e. The van der Waals surface area contributed by atoms with E-state index in [4.69, 9.17) is 0 Å². The van der Waals surface area contributed by atoms with Gasteiger partial charge in [-0.2, -0.15) is 19.7 Å². The van der Waals surface area contributed by atoms with Crippen LogP contribution in [0.2, 0.25) is 0 Å². The van der Waals surface area contributed by atoms with Crippen molar-refractivity contribution in [1.29, 1.82) is 0 Å². The van der Waals surface area contributed by atoms with E-state index in [1.54, 1.807) is 24.4 Å². The Kier molecular flexibility index (Phi) is 5.03. The maximum atomic E-state index is 13.2. The predicted molar refractivity (Wildman–Crippen MR) is 105 cm³/mol. The lowest BCUT2D eigenvalue weighted by Gasteiger charge is -2.14. The molecule has 0 saturated carbocycles. The number of halogens is 1. The van der Waals surface area contributed by atoms with E-state index < -0.39 is 0 Å². The first kappa shape index (κ1) is 18.7. The van der Waals surface area contributed by atoms with E-state index >= 15 is 0 Å². The first-order valence-corrected chi connectivity index (χ1v) is 9.24. The van der Waals surface area contributed by atoms with E-state index in [-0.39, 0.29) is 17.6 Å². The van der Waals surface area contributed by atoms with Gasteiger partial charge in [0.25, 0.3) is 11.7 Å². The van der Waals surface area contributed by atoms with Crippen molar-refractivity contribution in [3.63, 3.8) is 0 Å². The summed E-state index contributed by atoms with van der Waals surface area (Å²) >= 11 is 0. The number of nitrogens with one attached hydrogen (secondary N) is 1. The van der Waals surface area contributed by atoms with Gasteiger partial charge >= 0.3 is 0 Å². The van der Waals surface area contributed by atoms with Crippen LogP contribution >= 0.6 is 0 Å². The molecule has 29 heavy (non-hydrogen) atoms. The highest BCUT2D eigenvalue weighted by Gasteiger charge is 2.17. The average molecular weight is 393 g/mol. The molecule has 0 aliphatic rings. The molecule has 8 nitrogen and oxygen atoms in total. The second kappa shape index (κ2) is 7.78. The molecule has 1 N–H and O–H groups in total. The summed E-state index contributed by atoms with van der Waals surface area (Å²) in [5.41, 5.74) is 2.60. The molecule has 0 aliphatic carbocycles. The minimum absolute atomic E-state index is 0.183. The summed E-state index contributed by atoms with van der Waals surface area (Å²) in [7, 11) is 0. The van der Waals surface area contributed by atoms with Gasteiger partial charge in [0, 0.05) is 30.5 Å². The minimum Gasteiger partial charge on any atom is -0.350 e. The number of fused-ring (bicyclic) bond motifs is 1. The monoisotopic (exact) mass is 393 g/mol. The Morgan fingerprint density at radius 2 is 2.00 bits per heavy atom. The molecule has 0 radical (unpaired) electrons.